The molecule has 0 aliphatic rings. The van der Waals surface area contributed by atoms with Gasteiger partial charge in [0.15, 0.2) is 0 Å². The predicted octanol–water partition coefficient (Wildman–Crippen LogP) is -1.18. The van der Waals surface area contributed by atoms with Crippen molar-refractivity contribution in [2.24, 2.45) is 5.73 Å². The quantitative estimate of drug-likeness (QED) is 0.444. The van der Waals surface area contributed by atoms with Gasteiger partial charge in [0.1, 0.15) is 5.15 Å². The highest BCUT2D eigenvalue weighted by atomic mass is 35.5. The Balaban J connectivity index is 3.32. The second-order valence-electron chi connectivity index (χ2n) is 2.16. The number of primary amides is 1. The molecule has 0 aromatic carbocycles. The van der Waals surface area contributed by atoms with E-state index in [-0.39, 0.29) is 5.15 Å². The molecule has 0 fully saturated rings. The van der Waals surface area contributed by atoms with E-state index in [1.165, 1.54) is 0 Å². The van der Waals surface area contributed by atoms with Crippen LogP contribution in [0.15, 0.2) is 12.3 Å². The summed E-state index contributed by atoms with van der Waals surface area (Å²) in [5.74, 6) is -0.506. The van der Waals surface area contributed by atoms with Gasteiger partial charge in [0.2, 0.25) is 0 Å². The minimum atomic E-state index is -0.506. The molecule has 5 heteroatoms. The molecule has 0 aliphatic heterocycles. The zero-order valence-electron chi connectivity index (χ0n) is 5.97. The van der Waals surface area contributed by atoms with Crippen molar-refractivity contribution in [2.45, 2.75) is 0 Å². The molecular weight excluding hydrogens is 180 g/mol. The molecule has 1 rings (SSSR count). The Morgan fingerprint density at radius 2 is 2.36 bits per heavy atom. The molecule has 0 bridgehead atoms. The summed E-state index contributed by atoms with van der Waals surface area (Å²) in [4.78, 5) is 14.5. The zero-order chi connectivity index (χ0) is 8.43. The summed E-state index contributed by atoms with van der Waals surface area (Å²) in [6, 6.07) is 1.75. The molecule has 0 unspecified atom stereocenters. The van der Waals surface area contributed by atoms with Crippen LogP contribution < -0.4 is 10.9 Å². The van der Waals surface area contributed by atoms with Crippen LogP contribution in [0.2, 0.25) is 5.15 Å². The Hall–Kier alpha value is -0.873. The van der Waals surface area contributed by atoms with Crippen LogP contribution in [0.4, 0.5) is 0 Å². The third-order valence-corrected chi connectivity index (χ3v) is 2.48. The van der Waals surface area contributed by atoms with Crippen molar-refractivity contribution in [1.82, 2.24) is 4.98 Å². The van der Waals surface area contributed by atoms with Crippen molar-refractivity contribution in [3.05, 3.63) is 23.0 Å². The number of pyridine rings is 1. The highest BCUT2D eigenvalue weighted by Gasteiger charge is 2.09. The number of aromatic nitrogens is 1. The van der Waals surface area contributed by atoms with Gasteiger partial charge in [-0.1, -0.05) is 16.8 Å². The molecular formula is C6H7ClN2OSi. The Bertz CT molecular complexity index is 282. The molecule has 11 heavy (non-hydrogen) atoms. The van der Waals surface area contributed by atoms with Gasteiger partial charge < -0.3 is 5.73 Å². The van der Waals surface area contributed by atoms with Crippen molar-refractivity contribution in [3.63, 3.8) is 0 Å². The fraction of sp³-hybridized carbons (Fsp3) is 0. The summed E-state index contributed by atoms with van der Waals surface area (Å²) in [5, 5.41) is 1.09. The number of rotatable bonds is 1. The molecule has 1 aromatic heterocycles. The lowest BCUT2D eigenvalue weighted by atomic mass is 10.3. The molecule has 2 N–H and O–H groups in total. The average Bonchev–Trinajstić information content (AvgIpc) is 1.85. The third kappa shape index (κ3) is 1.58. The lowest BCUT2D eigenvalue weighted by Crippen LogP contribution is -2.23. The number of hydrogen-bond acceptors (Lipinski definition) is 2. The highest BCUT2D eigenvalue weighted by Crippen LogP contribution is 2.07. The van der Waals surface area contributed by atoms with Crippen LogP contribution in [-0.2, 0) is 0 Å². The van der Waals surface area contributed by atoms with Gasteiger partial charge in [0.25, 0.3) is 5.91 Å². The first kappa shape index (κ1) is 8.23. The first-order valence-electron chi connectivity index (χ1n) is 3.04. The van der Waals surface area contributed by atoms with Crippen LogP contribution in [0.5, 0.6) is 0 Å². The van der Waals surface area contributed by atoms with E-state index in [1.807, 2.05) is 0 Å². The van der Waals surface area contributed by atoms with Crippen molar-refractivity contribution < 1.29 is 4.79 Å². The third-order valence-electron chi connectivity index (χ3n) is 1.36. The Morgan fingerprint density at radius 1 is 1.73 bits per heavy atom. The van der Waals surface area contributed by atoms with E-state index >= 15 is 0 Å². The number of amides is 1. The van der Waals surface area contributed by atoms with Crippen molar-refractivity contribution in [2.75, 3.05) is 0 Å². The van der Waals surface area contributed by atoms with Crippen LogP contribution in [0.3, 0.4) is 0 Å². The van der Waals surface area contributed by atoms with Gasteiger partial charge in [-0.05, 0) is 6.07 Å². The fourth-order valence-electron chi connectivity index (χ4n) is 0.821. The van der Waals surface area contributed by atoms with Gasteiger partial charge in [-0.2, -0.15) is 0 Å². The summed E-state index contributed by atoms with van der Waals surface area (Å²) < 4.78 is 0. The number of hydrogen-bond donors (Lipinski definition) is 1. The molecule has 58 valence electrons. The molecule has 0 spiro atoms. The van der Waals surface area contributed by atoms with Crippen molar-refractivity contribution in [3.8, 4) is 0 Å². The van der Waals surface area contributed by atoms with Crippen LogP contribution in [0.1, 0.15) is 10.4 Å². The predicted molar refractivity (Wildman–Crippen MR) is 47.3 cm³/mol. The number of halogens is 1. The monoisotopic (exact) mass is 186 g/mol. The summed E-state index contributed by atoms with van der Waals surface area (Å²) in [7, 11) is 0.747. The van der Waals surface area contributed by atoms with E-state index in [2.05, 4.69) is 4.98 Å². The summed E-state index contributed by atoms with van der Waals surface area (Å²) >= 11 is 5.63. The maximum atomic E-state index is 10.8. The van der Waals surface area contributed by atoms with E-state index in [4.69, 9.17) is 17.3 Å². The smallest absolute Gasteiger partial charge is 0.251 e. The molecule has 0 aliphatic carbocycles. The molecule has 0 atom stereocenters. The number of nitrogens with zero attached hydrogens (tertiary/aromatic N) is 1. The lowest BCUT2D eigenvalue weighted by Gasteiger charge is -2.00. The molecule has 1 heterocycles. The van der Waals surface area contributed by atoms with E-state index < -0.39 is 5.91 Å². The summed E-state index contributed by atoms with van der Waals surface area (Å²) in [5.41, 5.74) is 5.44. The molecule has 1 aromatic rings. The van der Waals surface area contributed by atoms with Crippen molar-refractivity contribution >= 4 is 32.9 Å². The zero-order valence-corrected chi connectivity index (χ0v) is 8.72. The van der Waals surface area contributed by atoms with Crippen LogP contribution in [0, 0.1) is 0 Å². The SMILES string of the molecule is NC(=O)c1c([SiH3])ccnc1Cl. The summed E-state index contributed by atoms with van der Waals surface area (Å²) in [6.07, 6.45) is 1.57. The maximum Gasteiger partial charge on any atom is 0.251 e. The Morgan fingerprint density at radius 3 is 2.73 bits per heavy atom. The van der Waals surface area contributed by atoms with Crippen molar-refractivity contribution in [1.29, 1.82) is 0 Å². The number of carbonyl (C=O) groups is 1. The first-order valence-corrected chi connectivity index (χ1v) is 4.41. The molecule has 0 saturated carbocycles. The average molecular weight is 187 g/mol. The molecule has 3 nitrogen and oxygen atoms in total. The molecule has 1 amide bonds. The second kappa shape index (κ2) is 3.02. The number of carbonyl (C=O) groups excluding carboxylic acids is 1. The van der Waals surface area contributed by atoms with Gasteiger partial charge in [0.05, 0.1) is 5.56 Å². The molecule has 0 saturated heterocycles. The van der Waals surface area contributed by atoms with Gasteiger partial charge in [-0.25, -0.2) is 4.98 Å². The van der Waals surface area contributed by atoms with Crippen LogP contribution >= 0.6 is 11.6 Å². The van der Waals surface area contributed by atoms with E-state index in [9.17, 15) is 4.79 Å². The van der Waals surface area contributed by atoms with Gasteiger partial charge in [-0.15, -0.1) is 0 Å². The normalized spacial score (nSPS) is 9.91. The van der Waals surface area contributed by atoms with E-state index in [0.717, 1.165) is 15.4 Å². The maximum absolute atomic E-state index is 10.8. The van der Waals surface area contributed by atoms with Crippen LogP contribution in [0.25, 0.3) is 0 Å². The van der Waals surface area contributed by atoms with Gasteiger partial charge >= 0.3 is 0 Å². The molecule has 0 radical (unpaired) electrons. The number of nitrogens with two attached hydrogens (primary N) is 1. The minimum absolute atomic E-state index is 0.199. The van der Waals surface area contributed by atoms with Gasteiger partial charge in [0, 0.05) is 16.4 Å². The largest absolute Gasteiger partial charge is 0.366 e. The Labute approximate surface area is 72.0 Å². The minimum Gasteiger partial charge on any atom is -0.366 e. The van der Waals surface area contributed by atoms with E-state index in [1.54, 1.807) is 12.3 Å². The standard InChI is InChI=1S/C6H7ClN2OSi/c7-5-4(6(8)10)3(11)1-2-9-5/h1-2H,11H3,(H2,8,10). The Kier molecular flexibility index (Phi) is 2.26. The van der Waals surface area contributed by atoms with E-state index in [0.29, 0.717) is 5.56 Å². The first-order chi connectivity index (χ1) is 5.13. The second-order valence-corrected chi connectivity index (χ2v) is 3.59. The topological polar surface area (TPSA) is 56.0 Å². The van der Waals surface area contributed by atoms with Crippen LogP contribution in [-0.4, -0.2) is 21.1 Å². The lowest BCUT2D eigenvalue weighted by molar-refractivity contribution is 0.100. The van der Waals surface area contributed by atoms with Gasteiger partial charge in [-0.3, -0.25) is 4.79 Å². The summed E-state index contributed by atoms with van der Waals surface area (Å²) in [6.45, 7) is 0. The fourth-order valence-corrected chi connectivity index (χ4v) is 1.91. The highest BCUT2D eigenvalue weighted by molar-refractivity contribution is 6.41.